The molecule has 0 atom stereocenters. The van der Waals surface area contributed by atoms with Crippen LogP contribution in [0, 0.1) is 12.3 Å². The largest absolute Gasteiger partial charge is 0.382 e. The van der Waals surface area contributed by atoms with Crippen LogP contribution in [0.25, 0.3) is 16.8 Å². The van der Waals surface area contributed by atoms with E-state index in [4.69, 9.17) is 15.5 Å². The third-order valence-electron chi connectivity index (χ3n) is 9.46. The van der Waals surface area contributed by atoms with Gasteiger partial charge in [-0.3, -0.25) is 19.0 Å². The average molecular weight is 551 g/mol. The predicted molar refractivity (Wildman–Crippen MR) is 154 cm³/mol. The van der Waals surface area contributed by atoms with Gasteiger partial charge in [0.15, 0.2) is 5.78 Å². The molecule has 3 aliphatic rings. The number of aromatic nitrogens is 4. The van der Waals surface area contributed by atoms with Crippen LogP contribution >= 0.6 is 0 Å². The Balaban J connectivity index is 1.19. The minimum atomic E-state index is -0.431. The lowest BCUT2D eigenvalue weighted by Gasteiger charge is -2.40. The summed E-state index contributed by atoms with van der Waals surface area (Å²) in [5.74, 6) is 1.49. The number of rotatable bonds is 7. The quantitative estimate of drug-likeness (QED) is 0.330. The second kappa shape index (κ2) is 9.21. The number of fused-ring (bicyclic) bond motifs is 3. The van der Waals surface area contributed by atoms with E-state index in [-0.39, 0.29) is 29.1 Å². The Morgan fingerprint density at radius 3 is 2.49 bits per heavy atom. The highest BCUT2D eigenvalue weighted by molar-refractivity contribution is 5.98. The number of carbonyl (C=O) groups is 2. The Morgan fingerprint density at radius 2 is 1.80 bits per heavy atom. The van der Waals surface area contributed by atoms with E-state index in [1.165, 1.54) is 0 Å². The second-order valence-electron chi connectivity index (χ2n) is 12.6. The maximum Gasteiger partial charge on any atom is 0.231 e. The molecule has 41 heavy (non-hydrogen) atoms. The Morgan fingerprint density at radius 1 is 1.05 bits per heavy atom. The number of nitrogens with zero attached hydrogens (tertiary/aromatic N) is 4. The number of benzene rings is 1. The molecule has 2 saturated carbocycles. The van der Waals surface area contributed by atoms with E-state index in [0.29, 0.717) is 24.6 Å². The molecule has 9 nitrogen and oxygen atoms in total. The number of ketones is 1. The molecule has 1 aliphatic heterocycles. The first-order chi connectivity index (χ1) is 19.7. The number of Topliss-reactive ketones (excluding diaryl/α,β-unsaturated/α-hetero) is 1. The molecule has 9 heteroatoms. The molecule has 0 unspecified atom stereocenters. The normalized spacial score (nSPS) is 24.3. The highest BCUT2D eigenvalue weighted by atomic mass is 16.5. The van der Waals surface area contributed by atoms with E-state index in [1.54, 1.807) is 12.4 Å². The van der Waals surface area contributed by atoms with Crippen LogP contribution in [0.5, 0.6) is 0 Å². The van der Waals surface area contributed by atoms with Gasteiger partial charge in [-0.25, -0.2) is 9.97 Å². The zero-order valence-electron chi connectivity index (χ0n) is 23.4. The number of hydrogen-bond acceptors (Lipinski definition) is 7. The summed E-state index contributed by atoms with van der Waals surface area (Å²) in [6, 6.07) is 11.4. The number of nitrogens with one attached hydrogen (secondary N) is 1. The van der Waals surface area contributed by atoms with Crippen molar-refractivity contribution in [1.29, 1.82) is 0 Å². The maximum absolute atomic E-state index is 13.1. The van der Waals surface area contributed by atoms with E-state index >= 15 is 0 Å². The van der Waals surface area contributed by atoms with Gasteiger partial charge in [-0.15, -0.1) is 0 Å². The number of pyridine rings is 1. The fourth-order valence-electron chi connectivity index (χ4n) is 7.03. The topological polar surface area (TPSA) is 124 Å². The first-order valence-corrected chi connectivity index (χ1v) is 14.3. The second-order valence-corrected chi connectivity index (χ2v) is 12.6. The molecule has 1 saturated heterocycles. The number of amides is 1. The van der Waals surface area contributed by atoms with Crippen LogP contribution in [0.2, 0.25) is 0 Å². The summed E-state index contributed by atoms with van der Waals surface area (Å²) in [5.41, 5.74) is 10.5. The summed E-state index contributed by atoms with van der Waals surface area (Å²) in [5, 5.41) is 3.43. The molecule has 3 N–H and O–H groups in total. The molecule has 1 aromatic carbocycles. The molecule has 4 aromatic rings. The molecular weight excluding hydrogens is 516 g/mol. The van der Waals surface area contributed by atoms with Crippen LogP contribution in [0.4, 0.5) is 5.82 Å². The van der Waals surface area contributed by atoms with Crippen molar-refractivity contribution >= 4 is 23.0 Å². The van der Waals surface area contributed by atoms with E-state index in [1.807, 2.05) is 56.4 Å². The average Bonchev–Trinajstić information content (AvgIpc) is 3.63. The van der Waals surface area contributed by atoms with Crippen LogP contribution in [0.3, 0.4) is 0 Å². The lowest BCUT2D eigenvalue weighted by atomic mass is 9.82. The first-order valence-electron chi connectivity index (χ1n) is 14.3. The molecule has 2 bridgehead atoms. The number of hydrogen-bond donors (Lipinski definition) is 2. The summed E-state index contributed by atoms with van der Waals surface area (Å²) in [4.78, 5) is 40.0. The minimum Gasteiger partial charge on any atom is -0.382 e. The number of nitrogens with two attached hydrogens (primary N) is 1. The fraction of sp³-hybridized carbons (Fsp3) is 0.406. The van der Waals surface area contributed by atoms with Gasteiger partial charge in [-0.05, 0) is 63.6 Å². The predicted octanol–water partition coefficient (Wildman–Crippen LogP) is 4.21. The van der Waals surface area contributed by atoms with Crippen LogP contribution in [-0.4, -0.2) is 49.8 Å². The molecule has 7 rings (SSSR count). The van der Waals surface area contributed by atoms with Gasteiger partial charge in [-0.1, -0.05) is 24.3 Å². The van der Waals surface area contributed by atoms with E-state index < -0.39 is 5.41 Å². The molecular formula is C32H34N6O3. The molecule has 3 aromatic heterocycles. The summed E-state index contributed by atoms with van der Waals surface area (Å²) in [7, 11) is 0. The number of imidazole rings is 1. The molecule has 0 spiro atoms. The molecule has 2 aliphatic carbocycles. The standard InChI is InChI=1S/C32H34N6O3/c1-20-7-12-34-23(15-20)16-24(39)21-3-5-22(6-4-21)25-26-27(33)35-13-14-38(26)28(36-25)31-8-10-32(17-31,11-9-31)37-29(40)30(2)18-41-19-30/h3-7,12-15H,8-11,16-19H2,1-2H3,(H2,33,35)(H,37,40). The highest BCUT2D eigenvalue weighted by Crippen LogP contribution is 2.58. The lowest BCUT2D eigenvalue weighted by molar-refractivity contribution is -0.159. The summed E-state index contributed by atoms with van der Waals surface area (Å²) in [6.07, 6.45) is 10.2. The number of carbonyl (C=O) groups excluding carboxylic acids is 2. The van der Waals surface area contributed by atoms with Gasteiger partial charge >= 0.3 is 0 Å². The summed E-state index contributed by atoms with van der Waals surface area (Å²) < 4.78 is 7.42. The molecule has 1 amide bonds. The molecule has 0 radical (unpaired) electrons. The van der Waals surface area contributed by atoms with Gasteiger partial charge in [-0.2, -0.15) is 0 Å². The zero-order valence-corrected chi connectivity index (χ0v) is 23.4. The Labute approximate surface area is 238 Å². The van der Waals surface area contributed by atoms with E-state index in [9.17, 15) is 9.59 Å². The third kappa shape index (κ3) is 4.22. The van der Waals surface area contributed by atoms with Gasteiger partial charge in [0.1, 0.15) is 22.9 Å². The maximum atomic E-state index is 13.1. The fourth-order valence-corrected chi connectivity index (χ4v) is 7.03. The van der Waals surface area contributed by atoms with Gasteiger partial charge in [0, 0.05) is 46.4 Å². The van der Waals surface area contributed by atoms with Crippen LogP contribution in [0.1, 0.15) is 66.5 Å². The van der Waals surface area contributed by atoms with Crippen molar-refractivity contribution in [2.24, 2.45) is 5.41 Å². The van der Waals surface area contributed by atoms with Gasteiger partial charge in [0.25, 0.3) is 0 Å². The zero-order chi connectivity index (χ0) is 28.4. The van der Waals surface area contributed by atoms with Crippen molar-refractivity contribution in [1.82, 2.24) is 24.7 Å². The molecule has 3 fully saturated rings. The Bertz CT molecular complexity index is 1680. The van der Waals surface area contributed by atoms with E-state index in [2.05, 4.69) is 19.7 Å². The monoisotopic (exact) mass is 550 g/mol. The van der Waals surface area contributed by atoms with Crippen molar-refractivity contribution < 1.29 is 14.3 Å². The van der Waals surface area contributed by atoms with Gasteiger partial charge < -0.3 is 15.8 Å². The SMILES string of the molecule is Cc1ccnc(CC(=O)c2ccc(-c3nc(C45CCC(NC(=O)C6(C)COC6)(CC4)C5)n4ccnc(N)c34)cc2)c1. The van der Waals surface area contributed by atoms with Crippen LogP contribution in [-0.2, 0) is 21.4 Å². The summed E-state index contributed by atoms with van der Waals surface area (Å²) in [6.45, 7) is 4.93. The van der Waals surface area contributed by atoms with Crippen molar-refractivity contribution in [2.45, 2.75) is 63.3 Å². The van der Waals surface area contributed by atoms with Gasteiger partial charge in [0.05, 0.1) is 25.0 Å². The van der Waals surface area contributed by atoms with Crippen molar-refractivity contribution in [3.63, 3.8) is 0 Å². The number of ether oxygens (including phenoxy) is 1. The lowest BCUT2D eigenvalue weighted by Crippen LogP contribution is -2.57. The molecule has 4 heterocycles. The number of nitrogen functional groups attached to an aromatic ring is 1. The first kappa shape index (κ1) is 25.8. The van der Waals surface area contributed by atoms with Crippen LogP contribution in [0.15, 0.2) is 55.0 Å². The Kier molecular flexibility index (Phi) is 5.80. The van der Waals surface area contributed by atoms with Crippen molar-refractivity contribution in [3.8, 4) is 11.3 Å². The van der Waals surface area contributed by atoms with Crippen molar-refractivity contribution in [2.75, 3.05) is 18.9 Å². The Hall–Kier alpha value is -4.11. The minimum absolute atomic E-state index is 0.0164. The molecule has 210 valence electrons. The van der Waals surface area contributed by atoms with E-state index in [0.717, 1.165) is 66.0 Å². The summed E-state index contributed by atoms with van der Waals surface area (Å²) >= 11 is 0. The highest BCUT2D eigenvalue weighted by Gasteiger charge is 2.58. The van der Waals surface area contributed by atoms with Crippen LogP contribution < -0.4 is 11.1 Å². The van der Waals surface area contributed by atoms with Gasteiger partial charge in [0.2, 0.25) is 5.91 Å². The third-order valence-corrected chi connectivity index (χ3v) is 9.46. The smallest absolute Gasteiger partial charge is 0.231 e. The number of anilines is 1. The van der Waals surface area contributed by atoms with Crippen molar-refractivity contribution in [3.05, 3.63) is 77.6 Å². The number of aryl methyl sites for hydroxylation is 1.